The quantitative estimate of drug-likeness (QED) is 0.207. The number of hydrogen-bond donors (Lipinski definition) is 2. The third-order valence-corrected chi connectivity index (χ3v) is 7.28. The smallest absolute Gasteiger partial charge is 0.243 e. The van der Waals surface area contributed by atoms with E-state index in [2.05, 4.69) is 15.6 Å². The van der Waals surface area contributed by atoms with Crippen LogP contribution >= 0.6 is 24.0 Å². The summed E-state index contributed by atoms with van der Waals surface area (Å²) in [5, 5.41) is 6.51. The SMILES string of the molecule is CN=C(NCCCOC1CCOC1)NCc1cccc(S(=O)(=O)N2CCCCC2)c1.I. The van der Waals surface area contributed by atoms with Crippen LogP contribution in [0.25, 0.3) is 0 Å². The molecule has 0 saturated carbocycles. The number of guanidine groups is 1. The lowest BCUT2D eigenvalue weighted by Gasteiger charge is -2.26. The standard InChI is InChI=1S/C21H34N4O4S.HI/c1-22-21(23-10-6-13-29-19-9-14-28-17-19)24-16-18-7-5-8-20(15-18)30(26,27)25-11-3-2-4-12-25;/h5,7-8,15,19H,2-4,6,9-14,16-17H2,1H3,(H2,22,23,24);1H. The Kier molecular flexibility index (Phi) is 11.5. The normalized spacial score (nSPS) is 20.3. The number of sulfonamides is 1. The summed E-state index contributed by atoms with van der Waals surface area (Å²) in [6, 6.07) is 7.15. The number of ether oxygens (including phenoxy) is 2. The third-order valence-electron chi connectivity index (χ3n) is 5.39. The van der Waals surface area contributed by atoms with Crippen molar-refractivity contribution in [2.24, 2.45) is 4.99 Å². The van der Waals surface area contributed by atoms with E-state index in [1.54, 1.807) is 29.6 Å². The fourth-order valence-electron chi connectivity index (χ4n) is 3.65. The van der Waals surface area contributed by atoms with Crippen LogP contribution in [0, 0.1) is 0 Å². The molecular weight excluding hydrogens is 531 g/mol. The fraction of sp³-hybridized carbons (Fsp3) is 0.667. The first-order valence-corrected chi connectivity index (χ1v) is 12.3. The number of nitrogens with one attached hydrogen (secondary N) is 2. The van der Waals surface area contributed by atoms with Gasteiger partial charge in [0.1, 0.15) is 0 Å². The van der Waals surface area contributed by atoms with Gasteiger partial charge in [0.25, 0.3) is 0 Å². The highest BCUT2D eigenvalue weighted by atomic mass is 127. The lowest BCUT2D eigenvalue weighted by atomic mass is 10.2. The minimum atomic E-state index is -3.42. The zero-order valence-corrected chi connectivity index (χ0v) is 21.4. The maximum atomic E-state index is 12.9. The summed E-state index contributed by atoms with van der Waals surface area (Å²) >= 11 is 0. The zero-order valence-electron chi connectivity index (χ0n) is 18.2. The van der Waals surface area contributed by atoms with E-state index in [1.807, 2.05) is 6.07 Å². The second-order valence-corrected chi connectivity index (χ2v) is 9.61. The second kappa shape index (κ2) is 13.6. The van der Waals surface area contributed by atoms with E-state index in [1.165, 1.54) is 0 Å². The predicted molar refractivity (Wildman–Crippen MR) is 132 cm³/mol. The summed E-state index contributed by atoms with van der Waals surface area (Å²) in [6.45, 7) is 4.64. The Morgan fingerprint density at radius 1 is 1.26 bits per heavy atom. The number of aliphatic imine (C=N–C) groups is 1. The maximum Gasteiger partial charge on any atom is 0.243 e. The van der Waals surface area contributed by atoms with Gasteiger partial charge in [-0.15, -0.1) is 24.0 Å². The first kappa shape index (κ1) is 26.3. The van der Waals surface area contributed by atoms with Gasteiger partial charge >= 0.3 is 0 Å². The van der Waals surface area contributed by atoms with E-state index in [9.17, 15) is 8.42 Å². The topological polar surface area (TPSA) is 92.3 Å². The molecule has 1 unspecified atom stereocenters. The minimum Gasteiger partial charge on any atom is -0.379 e. The molecule has 0 bridgehead atoms. The highest BCUT2D eigenvalue weighted by molar-refractivity contribution is 14.0. The Hall–Kier alpha value is -0.950. The average Bonchev–Trinajstić information content (AvgIpc) is 3.30. The Morgan fingerprint density at radius 3 is 2.77 bits per heavy atom. The summed E-state index contributed by atoms with van der Waals surface area (Å²) in [5.41, 5.74) is 0.903. The van der Waals surface area contributed by atoms with Crippen molar-refractivity contribution in [1.29, 1.82) is 0 Å². The Labute approximate surface area is 203 Å². The monoisotopic (exact) mass is 566 g/mol. The molecule has 1 atom stereocenters. The van der Waals surface area contributed by atoms with E-state index < -0.39 is 10.0 Å². The van der Waals surface area contributed by atoms with Gasteiger partial charge in [-0.2, -0.15) is 4.31 Å². The first-order chi connectivity index (χ1) is 14.6. The molecule has 2 aliphatic heterocycles. The van der Waals surface area contributed by atoms with Crippen molar-refractivity contribution >= 4 is 40.0 Å². The molecule has 1 aromatic rings. The molecular formula is C21H35IN4O4S. The van der Waals surface area contributed by atoms with Crippen molar-refractivity contribution < 1.29 is 17.9 Å². The number of benzene rings is 1. The molecule has 2 heterocycles. The van der Waals surface area contributed by atoms with Gasteiger partial charge in [-0.05, 0) is 43.4 Å². The van der Waals surface area contributed by atoms with Crippen molar-refractivity contribution in [1.82, 2.24) is 14.9 Å². The van der Waals surface area contributed by atoms with Crippen molar-refractivity contribution in [2.75, 3.05) is 46.5 Å². The fourth-order valence-corrected chi connectivity index (χ4v) is 5.24. The molecule has 31 heavy (non-hydrogen) atoms. The Morgan fingerprint density at radius 2 is 2.06 bits per heavy atom. The van der Waals surface area contributed by atoms with Crippen LogP contribution in [-0.4, -0.2) is 71.3 Å². The molecule has 0 amide bonds. The first-order valence-electron chi connectivity index (χ1n) is 10.8. The van der Waals surface area contributed by atoms with Gasteiger partial charge in [0.05, 0.1) is 17.6 Å². The molecule has 8 nitrogen and oxygen atoms in total. The van der Waals surface area contributed by atoms with Gasteiger partial charge in [-0.25, -0.2) is 8.42 Å². The Bertz CT molecular complexity index is 794. The van der Waals surface area contributed by atoms with E-state index in [4.69, 9.17) is 9.47 Å². The highest BCUT2D eigenvalue weighted by Gasteiger charge is 2.25. The molecule has 1 aromatic carbocycles. The number of nitrogens with zero attached hydrogens (tertiary/aromatic N) is 2. The van der Waals surface area contributed by atoms with Crippen LogP contribution in [0.15, 0.2) is 34.2 Å². The summed E-state index contributed by atoms with van der Waals surface area (Å²) < 4.78 is 38.4. The van der Waals surface area contributed by atoms with Crippen molar-refractivity contribution in [3.63, 3.8) is 0 Å². The molecule has 2 fully saturated rings. The molecule has 0 spiro atoms. The van der Waals surface area contributed by atoms with E-state index in [0.717, 1.165) is 50.8 Å². The van der Waals surface area contributed by atoms with Gasteiger partial charge in [0, 0.05) is 46.4 Å². The largest absolute Gasteiger partial charge is 0.379 e. The molecule has 0 aliphatic carbocycles. The summed E-state index contributed by atoms with van der Waals surface area (Å²) in [6.07, 6.45) is 5.05. The van der Waals surface area contributed by atoms with Crippen molar-refractivity contribution in [2.45, 2.75) is 49.6 Å². The molecule has 2 N–H and O–H groups in total. The number of halogens is 1. The van der Waals surface area contributed by atoms with Crippen LogP contribution in [0.1, 0.15) is 37.7 Å². The third kappa shape index (κ3) is 8.16. The van der Waals surface area contributed by atoms with Gasteiger partial charge < -0.3 is 20.1 Å². The van der Waals surface area contributed by atoms with E-state index >= 15 is 0 Å². The minimum absolute atomic E-state index is 0. The lowest BCUT2D eigenvalue weighted by molar-refractivity contribution is 0.0420. The molecule has 0 aromatic heterocycles. The molecule has 2 aliphatic rings. The highest BCUT2D eigenvalue weighted by Crippen LogP contribution is 2.21. The van der Waals surface area contributed by atoms with Gasteiger partial charge in [-0.1, -0.05) is 18.6 Å². The van der Waals surface area contributed by atoms with Crippen LogP contribution in [0.5, 0.6) is 0 Å². The Balaban J connectivity index is 0.00000341. The van der Waals surface area contributed by atoms with Crippen LogP contribution < -0.4 is 10.6 Å². The van der Waals surface area contributed by atoms with E-state index in [-0.39, 0.29) is 30.1 Å². The van der Waals surface area contributed by atoms with Crippen LogP contribution in [0.2, 0.25) is 0 Å². The van der Waals surface area contributed by atoms with Crippen molar-refractivity contribution in [3.05, 3.63) is 29.8 Å². The molecule has 176 valence electrons. The van der Waals surface area contributed by atoms with Gasteiger partial charge in [-0.3, -0.25) is 4.99 Å². The van der Waals surface area contributed by atoms with Crippen LogP contribution in [-0.2, 0) is 26.0 Å². The molecule has 10 heteroatoms. The summed E-state index contributed by atoms with van der Waals surface area (Å²) in [7, 11) is -1.70. The molecule has 0 radical (unpaired) electrons. The summed E-state index contributed by atoms with van der Waals surface area (Å²) in [5.74, 6) is 0.684. The van der Waals surface area contributed by atoms with Gasteiger partial charge in [0.2, 0.25) is 10.0 Å². The van der Waals surface area contributed by atoms with Crippen molar-refractivity contribution in [3.8, 4) is 0 Å². The maximum absolute atomic E-state index is 12.9. The second-order valence-electron chi connectivity index (χ2n) is 7.67. The number of hydrogen-bond acceptors (Lipinski definition) is 5. The van der Waals surface area contributed by atoms with E-state index in [0.29, 0.717) is 43.7 Å². The van der Waals surface area contributed by atoms with Crippen LogP contribution in [0.4, 0.5) is 0 Å². The van der Waals surface area contributed by atoms with Gasteiger partial charge in [0.15, 0.2) is 5.96 Å². The van der Waals surface area contributed by atoms with Crippen LogP contribution in [0.3, 0.4) is 0 Å². The molecule has 2 saturated heterocycles. The lowest BCUT2D eigenvalue weighted by Crippen LogP contribution is -2.38. The number of piperidine rings is 1. The average molecular weight is 567 g/mol. The predicted octanol–water partition coefficient (Wildman–Crippen LogP) is 2.34. The molecule has 3 rings (SSSR count). The summed E-state index contributed by atoms with van der Waals surface area (Å²) in [4.78, 5) is 4.59. The number of rotatable bonds is 9. The zero-order chi connectivity index (χ0) is 21.2.